The van der Waals surface area contributed by atoms with Crippen LogP contribution in [0.25, 0.3) is 0 Å². The number of hydrogen-bond donors (Lipinski definition) is 0. The lowest BCUT2D eigenvalue weighted by molar-refractivity contribution is 0.121. The molecule has 4 nitrogen and oxygen atoms in total. The van der Waals surface area contributed by atoms with Crippen molar-refractivity contribution in [3.05, 3.63) is 29.3 Å². The third kappa shape index (κ3) is 2.02. The smallest absolute Gasteiger partial charge is 0.437 e. The second-order valence-electron chi connectivity index (χ2n) is 2.62. The van der Waals surface area contributed by atoms with Crippen molar-refractivity contribution in [2.24, 2.45) is 0 Å². The zero-order valence-electron chi connectivity index (χ0n) is 7.90. The van der Waals surface area contributed by atoms with Gasteiger partial charge in [-0.15, -0.1) is 0 Å². The van der Waals surface area contributed by atoms with Gasteiger partial charge in [-0.3, -0.25) is 0 Å². The first kappa shape index (κ1) is 10.1. The Morgan fingerprint density at radius 1 is 1.50 bits per heavy atom. The maximum atomic E-state index is 10.8. The van der Waals surface area contributed by atoms with Crippen molar-refractivity contribution in [2.45, 2.75) is 6.92 Å². The highest BCUT2D eigenvalue weighted by atomic mass is 16.7. The van der Waals surface area contributed by atoms with Crippen LogP contribution in [0.2, 0.25) is 0 Å². The maximum absolute atomic E-state index is 10.8. The highest BCUT2D eigenvalue weighted by Gasteiger charge is 2.11. The number of benzene rings is 1. The Bertz CT molecular complexity index is 393. The number of hydrogen-bond acceptors (Lipinski definition) is 4. The van der Waals surface area contributed by atoms with Crippen molar-refractivity contribution in [1.29, 1.82) is 5.26 Å². The van der Waals surface area contributed by atoms with Gasteiger partial charge in [0.15, 0.2) is 5.75 Å². The molecule has 0 heterocycles. The van der Waals surface area contributed by atoms with Crippen molar-refractivity contribution in [3.8, 4) is 11.8 Å². The molecule has 1 aromatic rings. The van der Waals surface area contributed by atoms with Gasteiger partial charge in [-0.05, 0) is 18.6 Å². The zero-order valence-corrected chi connectivity index (χ0v) is 7.90. The van der Waals surface area contributed by atoms with Crippen LogP contribution in [0.15, 0.2) is 18.2 Å². The van der Waals surface area contributed by atoms with Crippen molar-refractivity contribution in [1.82, 2.24) is 0 Å². The van der Waals surface area contributed by atoms with E-state index in [9.17, 15) is 4.79 Å². The molecule has 0 aliphatic rings. The van der Waals surface area contributed by atoms with E-state index in [1.54, 1.807) is 25.1 Å². The number of carbonyl (C=O) groups is 1. The molecular weight excluding hydrogens is 182 g/mol. The fourth-order valence-electron chi connectivity index (χ4n) is 1.00. The first-order valence-corrected chi connectivity index (χ1v) is 3.94. The molecule has 0 atom stereocenters. The molecule has 1 rings (SSSR count). The van der Waals surface area contributed by atoms with Crippen LogP contribution >= 0.6 is 0 Å². The van der Waals surface area contributed by atoms with E-state index in [2.05, 4.69) is 4.74 Å². The largest absolute Gasteiger partial charge is 0.513 e. The van der Waals surface area contributed by atoms with Gasteiger partial charge in [-0.1, -0.05) is 12.1 Å². The molecule has 0 fully saturated rings. The number of carbonyl (C=O) groups excluding carboxylic acids is 1. The van der Waals surface area contributed by atoms with Crippen LogP contribution in [-0.4, -0.2) is 13.3 Å². The number of para-hydroxylation sites is 1. The summed E-state index contributed by atoms with van der Waals surface area (Å²) < 4.78 is 9.17. The minimum Gasteiger partial charge on any atom is -0.437 e. The summed E-state index contributed by atoms with van der Waals surface area (Å²) >= 11 is 0. The lowest BCUT2D eigenvalue weighted by Gasteiger charge is -2.06. The molecule has 0 unspecified atom stereocenters. The number of ether oxygens (including phenoxy) is 2. The Morgan fingerprint density at radius 2 is 2.21 bits per heavy atom. The number of rotatable bonds is 1. The number of nitrogens with zero attached hydrogens (tertiary/aromatic N) is 1. The van der Waals surface area contributed by atoms with Gasteiger partial charge >= 0.3 is 6.16 Å². The molecule has 0 amide bonds. The standard InChI is InChI=1S/C10H9NO3/c1-7-4-3-5-8(6-11)9(7)14-10(12)13-2/h3-5H,1-2H3. The van der Waals surface area contributed by atoms with Crippen LogP contribution in [0, 0.1) is 18.3 Å². The van der Waals surface area contributed by atoms with Crippen LogP contribution in [0.3, 0.4) is 0 Å². The SMILES string of the molecule is COC(=O)Oc1c(C)cccc1C#N. The Morgan fingerprint density at radius 3 is 2.79 bits per heavy atom. The van der Waals surface area contributed by atoms with Gasteiger partial charge in [-0.2, -0.15) is 5.26 Å². The van der Waals surface area contributed by atoms with Crippen molar-refractivity contribution in [2.75, 3.05) is 7.11 Å². The Hall–Kier alpha value is -2.02. The van der Waals surface area contributed by atoms with Crippen LogP contribution < -0.4 is 4.74 Å². The van der Waals surface area contributed by atoms with Crippen molar-refractivity contribution in [3.63, 3.8) is 0 Å². The van der Waals surface area contributed by atoms with Crippen LogP contribution in [0.4, 0.5) is 4.79 Å². The van der Waals surface area contributed by atoms with Gasteiger partial charge in [0, 0.05) is 0 Å². The van der Waals surface area contributed by atoms with Gasteiger partial charge in [0.1, 0.15) is 6.07 Å². The number of aryl methyl sites for hydroxylation is 1. The van der Waals surface area contributed by atoms with Crippen molar-refractivity contribution < 1.29 is 14.3 Å². The fraction of sp³-hybridized carbons (Fsp3) is 0.200. The summed E-state index contributed by atoms with van der Waals surface area (Å²) in [6.07, 6.45) is -0.823. The zero-order chi connectivity index (χ0) is 10.6. The first-order chi connectivity index (χ1) is 6.69. The molecule has 0 aliphatic carbocycles. The molecule has 0 bridgehead atoms. The first-order valence-electron chi connectivity index (χ1n) is 3.94. The predicted octanol–water partition coefficient (Wildman–Crippen LogP) is 2.01. The summed E-state index contributed by atoms with van der Waals surface area (Å²) in [6, 6.07) is 6.98. The van der Waals surface area contributed by atoms with Gasteiger partial charge in [0.2, 0.25) is 0 Å². The lowest BCUT2D eigenvalue weighted by atomic mass is 10.1. The molecule has 0 aliphatic heterocycles. The number of nitriles is 1. The van der Waals surface area contributed by atoms with E-state index in [0.29, 0.717) is 5.56 Å². The molecule has 0 radical (unpaired) electrons. The Kier molecular flexibility index (Phi) is 3.08. The van der Waals surface area contributed by atoms with Gasteiger partial charge < -0.3 is 9.47 Å². The quantitative estimate of drug-likeness (QED) is 0.503. The van der Waals surface area contributed by atoms with E-state index < -0.39 is 6.16 Å². The normalized spacial score (nSPS) is 8.93. The minimum absolute atomic E-state index is 0.252. The van der Waals surface area contributed by atoms with Crippen molar-refractivity contribution >= 4 is 6.16 Å². The summed E-state index contributed by atoms with van der Waals surface area (Å²) in [7, 11) is 1.21. The average Bonchev–Trinajstić information content (AvgIpc) is 2.20. The summed E-state index contributed by atoms with van der Waals surface area (Å²) in [6.45, 7) is 1.75. The third-order valence-corrected chi connectivity index (χ3v) is 1.68. The Labute approximate surface area is 81.7 Å². The molecule has 0 aromatic heterocycles. The van der Waals surface area contributed by atoms with Crippen LogP contribution in [0.1, 0.15) is 11.1 Å². The molecule has 0 saturated heterocycles. The van der Waals surface area contributed by atoms with E-state index in [1.165, 1.54) is 7.11 Å². The van der Waals surface area contributed by atoms with E-state index in [4.69, 9.17) is 10.00 Å². The van der Waals surface area contributed by atoms with Crippen LogP contribution in [0.5, 0.6) is 5.75 Å². The maximum Gasteiger partial charge on any atom is 0.513 e. The monoisotopic (exact) mass is 191 g/mol. The highest BCUT2D eigenvalue weighted by molar-refractivity contribution is 5.66. The lowest BCUT2D eigenvalue weighted by Crippen LogP contribution is -2.09. The third-order valence-electron chi connectivity index (χ3n) is 1.68. The number of methoxy groups -OCH3 is 1. The fourth-order valence-corrected chi connectivity index (χ4v) is 1.00. The van der Waals surface area contributed by atoms with Gasteiger partial charge in [0.05, 0.1) is 12.7 Å². The molecule has 0 spiro atoms. The van der Waals surface area contributed by atoms with E-state index in [-0.39, 0.29) is 5.75 Å². The van der Waals surface area contributed by atoms with Gasteiger partial charge in [-0.25, -0.2) is 4.79 Å². The second-order valence-corrected chi connectivity index (χ2v) is 2.62. The average molecular weight is 191 g/mol. The highest BCUT2D eigenvalue weighted by Crippen LogP contribution is 2.22. The summed E-state index contributed by atoms with van der Waals surface area (Å²) in [5, 5.41) is 8.75. The molecule has 0 N–H and O–H groups in total. The molecule has 0 saturated carbocycles. The summed E-state index contributed by atoms with van der Waals surface area (Å²) in [5.41, 5.74) is 1.03. The van der Waals surface area contributed by atoms with Crippen LogP contribution in [-0.2, 0) is 4.74 Å². The van der Waals surface area contributed by atoms with E-state index >= 15 is 0 Å². The predicted molar refractivity (Wildman–Crippen MR) is 48.9 cm³/mol. The topological polar surface area (TPSA) is 59.3 Å². The summed E-state index contributed by atoms with van der Waals surface area (Å²) in [5.74, 6) is 0.252. The second kappa shape index (κ2) is 4.28. The van der Waals surface area contributed by atoms with Gasteiger partial charge in [0.25, 0.3) is 0 Å². The van der Waals surface area contributed by atoms with E-state index in [1.807, 2.05) is 6.07 Å². The molecule has 72 valence electrons. The molecule has 4 heteroatoms. The molecule has 1 aromatic carbocycles. The minimum atomic E-state index is -0.823. The molecular formula is C10H9NO3. The molecule has 14 heavy (non-hydrogen) atoms. The van der Waals surface area contributed by atoms with E-state index in [0.717, 1.165) is 5.56 Å². The Balaban J connectivity index is 3.06. The summed E-state index contributed by atoms with van der Waals surface area (Å²) in [4.78, 5) is 10.8.